The minimum Gasteiger partial charge on any atom is -0.469 e. The van der Waals surface area contributed by atoms with Crippen molar-refractivity contribution in [2.24, 2.45) is 5.41 Å². The molecule has 1 fully saturated rings. The summed E-state index contributed by atoms with van der Waals surface area (Å²) in [6, 6.07) is 0.558. The third-order valence-corrected chi connectivity index (χ3v) is 3.40. The molecule has 0 spiro atoms. The van der Waals surface area contributed by atoms with Crippen molar-refractivity contribution in [3.8, 4) is 0 Å². The highest BCUT2D eigenvalue weighted by molar-refractivity contribution is 5.75. The fourth-order valence-electron chi connectivity index (χ4n) is 2.02. The van der Waals surface area contributed by atoms with E-state index in [1.54, 1.807) is 0 Å². The first kappa shape index (κ1) is 13.5. The Balaban J connectivity index is 2.40. The first-order valence-electron chi connectivity index (χ1n) is 6.00. The number of rotatable bonds is 4. The van der Waals surface area contributed by atoms with Crippen LogP contribution in [0.25, 0.3) is 0 Å². The van der Waals surface area contributed by atoms with Crippen LogP contribution < -0.4 is 5.32 Å². The molecular weight excluding hydrogens is 204 g/mol. The van der Waals surface area contributed by atoms with Crippen LogP contribution in [0.5, 0.6) is 0 Å². The molecule has 0 radical (unpaired) electrons. The molecule has 0 saturated carbocycles. The van der Waals surface area contributed by atoms with Gasteiger partial charge in [0.15, 0.2) is 0 Å². The van der Waals surface area contributed by atoms with Crippen molar-refractivity contribution in [2.45, 2.75) is 33.2 Å². The van der Waals surface area contributed by atoms with Gasteiger partial charge in [-0.3, -0.25) is 9.69 Å². The Morgan fingerprint density at radius 1 is 1.56 bits per heavy atom. The van der Waals surface area contributed by atoms with Crippen LogP contribution in [0.4, 0.5) is 0 Å². The first-order valence-corrected chi connectivity index (χ1v) is 6.00. The summed E-state index contributed by atoms with van der Waals surface area (Å²) < 4.78 is 4.81. The van der Waals surface area contributed by atoms with Gasteiger partial charge in [-0.1, -0.05) is 0 Å². The molecule has 1 aliphatic rings. The average molecular weight is 228 g/mol. The summed E-state index contributed by atoms with van der Waals surface area (Å²) in [6.45, 7) is 10.2. The molecule has 0 amide bonds. The quantitative estimate of drug-likeness (QED) is 0.725. The summed E-state index contributed by atoms with van der Waals surface area (Å²) in [6.07, 6.45) is 0.851. The van der Waals surface area contributed by atoms with E-state index in [0.717, 1.165) is 32.6 Å². The number of nitrogens with zero attached hydrogens (tertiary/aromatic N) is 1. The normalized spacial score (nSPS) is 23.1. The third-order valence-electron chi connectivity index (χ3n) is 3.40. The third kappa shape index (κ3) is 3.46. The van der Waals surface area contributed by atoms with Gasteiger partial charge in [0.2, 0.25) is 0 Å². The van der Waals surface area contributed by atoms with E-state index >= 15 is 0 Å². The van der Waals surface area contributed by atoms with E-state index in [2.05, 4.69) is 17.1 Å². The highest BCUT2D eigenvalue weighted by Gasteiger charge is 2.30. The molecule has 1 aliphatic heterocycles. The predicted octanol–water partition coefficient (Wildman–Crippen LogP) is 0.869. The lowest BCUT2D eigenvalue weighted by molar-refractivity contribution is -0.151. The molecule has 0 bridgehead atoms. The first-order chi connectivity index (χ1) is 7.47. The van der Waals surface area contributed by atoms with E-state index in [1.807, 2.05) is 13.8 Å². The monoisotopic (exact) mass is 228 g/mol. The zero-order chi connectivity index (χ0) is 12.2. The largest absolute Gasteiger partial charge is 0.469 e. The molecule has 16 heavy (non-hydrogen) atoms. The van der Waals surface area contributed by atoms with Crippen LogP contribution in [0, 0.1) is 5.41 Å². The van der Waals surface area contributed by atoms with Crippen molar-refractivity contribution in [2.75, 3.05) is 33.3 Å². The van der Waals surface area contributed by atoms with Crippen molar-refractivity contribution >= 4 is 5.97 Å². The Kier molecular flexibility index (Phi) is 4.74. The second-order valence-corrected chi connectivity index (χ2v) is 5.21. The maximum absolute atomic E-state index is 11.5. The van der Waals surface area contributed by atoms with Gasteiger partial charge in [-0.05, 0) is 33.7 Å². The van der Waals surface area contributed by atoms with Crippen LogP contribution in [0.3, 0.4) is 0 Å². The summed E-state index contributed by atoms with van der Waals surface area (Å²) in [5.41, 5.74) is -0.376. The van der Waals surface area contributed by atoms with Crippen molar-refractivity contribution in [1.82, 2.24) is 10.2 Å². The predicted molar refractivity (Wildman–Crippen MR) is 64.3 cm³/mol. The van der Waals surface area contributed by atoms with Gasteiger partial charge in [0.1, 0.15) is 0 Å². The van der Waals surface area contributed by atoms with Gasteiger partial charge in [0.05, 0.1) is 12.5 Å². The van der Waals surface area contributed by atoms with E-state index < -0.39 is 0 Å². The van der Waals surface area contributed by atoms with Gasteiger partial charge in [-0.25, -0.2) is 0 Å². The van der Waals surface area contributed by atoms with Crippen molar-refractivity contribution in [3.05, 3.63) is 0 Å². The molecule has 4 heteroatoms. The number of ether oxygens (including phenoxy) is 1. The number of hydrogen-bond donors (Lipinski definition) is 1. The lowest BCUT2D eigenvalue weighted by Gasteiger charge is -2.35. The second-order valence-electron chi connectivity index (χ2n) is 5.21. The van der Waals surface area contributed by atoms with Crippen LogP contribution in [0.2, 0.25) is 0 Å². The van der Waals surface area contributed by atoms with Gasteiger partial charge in [-0.15, -0.1) is 0 Å². The zero-order valence-electron chi connectivity index (χ0n) is 10.9. The summed E-state index contributed by atoms with van der Waals surface area (Å²) in [5, 5.41) is 3.36. The lowest BCUT2D eigenvalue weighted by Crippen LogP contribution is -2.50. The van der Waals surface area contributed by atoms with Gasteiger partial charge < -0.3 is 10.1 Å². The second kappa shape index (κ2) is 5.64. The smallest absolute Gasteiger partial charge is 0.311 e. The Morgan fingerprint density at radius 2 is 2.25 bits per heavy atom. The number of methoxy groups -OCH3 is 1. The Bertz CT molecular complexity index is 241. The van der Waals surface area contributed by atoms with E-state index in [-0.39, 0.29) is 11.4 Å². The average Bonchev–Trinajstić information content (AvgIpc) is 2.27. The van der Waals surface area contributed by atoms with Gasteiger partial charge in [0.25, 0.3) is 0 Å². The molecule has 1 rings (SSSR count). The molecule has 1 saturated heterocycles. The van der Waals surface area contributed by atoms with Crippen LogP contribution in [-0.4, -0.2) is 50.2 Å². The van der Waals surface area contributed by atoms with Crippen LogP contribution in [0.1, 0.15) is 27.2 Å². The summed E-state index contributed by atoms with van der Waals surface area (Å²) >= 11 is 0. The maximum atomic E-state index is 11.5. The number of nitrogens with one attached hydrogen (secondary N) is 1. The number of hydrogen-bond acceptors (Lipinski definition) is 4. The molecule has 0 aliphatic carbocycles. The highest BCUT2D eigenvalue weighted by atomic mass is 16.5. The maximum Gasteiger partial charge on any atom is 0.311 e. The summed E-state index contributed by atoms with van der Waals surface area (Å²) in [5.74, 6) is -0.115. The summed E-state index contributed by atoms with van der Waals surface area (Å²) in [7, 11) is 1.46. The van der Waals surface area contributed by atoms with Crippen LogP contribution in [0.15, 0.2) is 0 Å². The molecule has 4 nitrogen and oxygen atoms in total. The van der Waals surface area contributed by atoms with E-state index in [9.17, 15) is 4.79 Å². The molecule has 0 aromatic rings. The van der Waals surface area contributed by atoms with Gasteiger partial charge >= 0.3 is 5.97 Å². The standard InChI is InChI=1S/C12H24N2O2/c1-10-9-13-6-8-14(10)7-5-12(2,3)11(15)16-4/h10,13H,5-9H2,1-4H3/t10-/m0/s1. The molecule has 0 unspecified atom stereocenters. The Hall–Kier alpha value is -0.610. The molecule has 1 atom stereocenters. The zero-order valence-corrected chi connectivity index (χ0v) is 10.9. The number of carbonyl (C=O) groups excluding carboxylic acids is 1. The lowest BCUT2D eigenvalue weighted by atomic mass is 9.89. The molecule has 1 N–H and O–H groups in total. The molecular formula is C12H24N2O2. The minimum atomic E-state index is -0.376. The number of esters is 1. The number of carbonyl (C=O) groups is 1. The fraction of sp³-hybridized carbons (Fsp3) is 0.917. The molecule has 0 aromatic heterocycles. The Morgan fingerprint density at radius 3 is 2.81 bits per heavy atom. The molecule has 1 heterocycles. The van der Waals surface area contributed by atoms with Crippen molar-refractivity contribution in [1.29, 1.82) is 0 Å². The van der Waals surface area contributed by atoms with E-state index in [0.29, 0.717) is 6.04 Å². The SMILES string of the molecule is COC(=O)C(C)(C)CCN1CCNC[C@@H]1C. The van der Waals surface area contributed by atoms with Crippen LogP contribution in [-0.2, 0) is 9.53 Å². The molecule has 0 aromatic carbocycles. The van der Waals surface area contributed by atoms with Gasteiger partial charge in [-0.2, -0.15) is 0 Å². The van der Waals surface area contributed by atoms with Gasteiger partial charge in [0, 0.05) is 25.7 Å². The fourth-order valence-corrected chi connectivity index (χ4v) is 2.02. The number of piperazine rings is 1. The van der Waals surface area contributed by atoms with Crippen LogP contribution >= 0.6 is 0 Å². The van der Waals surface area contributed by atoms with E-state index in [1.165, 1.54) is 7.11 Å². The molecule has 94 valence electrons. The highest BCUT2D eigenvalue weighted by Crippen LogP contribution is 2.23. The topological polar surface area (TPSA) is 41.6 Å². The van der Waals surface area contributed by atoms with Crippen molar-refractivity contribution in [3.63, 3.8) is 0 Å². The Labute approximate surface area is 98.3 Å². The van der Waals surface area contributed by atoms with E-state index in [4.69, 9.17) is 4.74 Å². The van der Waals surface area contributed by atoms with Crippen molar-refractivity contribution < 1.29 is 9.53 Å². The summed E-state index contributed by atoms with van der Waals surface area (Å²) in [4.78, 5) is 14.0. The minimum absolute atomic E-state index is 0.115.